The summed E-state index contributed by atoms with van der Waals surface area (Å²) in [6.07, 6.45) is 4.15. The van der Waals surface area contributed by atoms with Gasteiger partial charge in [-0.1, -0.05) is 11.6 Å². The number of hydrogen-bond acceptors (Lipinski definition) is 5. The monoisotopic (exact) mass is 357 g/mol. The van der Waals surface area contributed by atoms with Crippen molar-refractivity contribution < 1.29 is 13.9 Å². The maximum atomic E-state index is 11.8. The molecule has 1 atom stereocenters. The number of furan rings is 1. The van der Waals surface area contributed by atoms with Gasteiger partial charge in [-0.25, -0.2) is 4.98 Å². The number of hydrogen-bond donors (Lipinski definition) is 2. The maximum Gasteiger partial charge on any atom is 0.287 e. The van der Waals surface area contributed by atoms with E-state index < -0.39 is 0 Å². The Morgan fingerprint density at radius 1 is 1.57 bits per heavy atom. The third-order valence-corrected chi connectivity index (χ3v) is 3.79. The quantitative estimate of drug-likeness (QED) is 0.776. The van der Waals surface area contributed by atoms with Crippen LogP contribution in [0.3, 0.4) is 0 Å². The van der Waals surface area contributed by atoms with Crippen LogP contribution in [0.15, 0.2) is 35.1 Å². The van der Waals surface area contributed by atoms with Gasteiger partial charge in [-0.3, -0.25) is 4.79 Å². The van der Waals surface area contributed by atoms with Gasteiger partial charge in [0.25, 0.3) is 5.91 Å². The highest BCUT2D eigenvalue weighted by atomic mass is 35.5. The standard InChI is InChI=1S/C15H16ClN3O3.ClH/c16-14-10(7-19-15(20)13-2-1-5-21-13)6-12(8-18-14)22-9-11-3-4-17-11;/h1-2,5-6,8,11,17H,3-4,7,9H2,(H,19,20);1H/t11-;/m0./s1. The van der Waals surface area contributed by atoms with Crippen LogP contribution in [0.25, 0.3) is 0 Å². The first kappa shape index (κ1) is 17.6. The number of aromatic nitrogens is 1. The zero-order valence-electron chi connectivity index (χ0n) is 12.3. The second-order valence-electron chi connectivity index (χ2n) is 5.03. The summed E-state index contributed by atoms with van der Waals surface area (Å²) in [5.74, 6) is 0.596. The summed E-state index contributed by atoms with van der Waals surface area (Å²) < 4.78 is 10.7. The average molecular weight is 358 g/mol. The molecule has 1 amide bonds. The van der Waals surface area contributed by atoms with Gasteiger partial charge in [0.15, 0.2) is 5.76 Å². The van der Waals surface area contributed by atoms with Gasteiger partial charge in [0.2, 0.25) is 0 Å². The lowest BCUT2D eigenvalue weighted by molar-refractivity contribution is 0.0923. The molecule has 2 N–H and O–H groups in total. The third-order valence-electron chi connectivity index (χ3n) is 3.45. The molecule has 0 saturated carbocycles. The van der Waals surface area contributed by atoms with E-state index in [1.165, 1.54) is 6.26 Å². The Kier molecular flexibility index (Phi) is 6.27. The Morgan fingerprint density at radius 2 is 2.39 bits per heavy atom. The van der Waals surface area contributed by atoms with Crippen LogP contribution in [0.2, 0.25) is 5.15 Å². The molecule has 0 unspecified atom stereocenters. The predicted molar refractivity (Wildman–Crippen MR) is 88.3 cm³/mol. The molecule has 3 rings (SSSR count). The Hall–Kier alpha value is -1.76. The van der Waals surface area contributed by atoms with Crippen LogP contribution in [-0.2, 0) is 6.54 Å². The first-order valence-corrected chi connectivity index (χ1v) is 7.42. The van der Waals surface area contributed by atoms with Crippen molar-refractivity contribution in [3.63, 3.8) is 0 Å². The van der Waals surface area contributed by atoms with Gasteiger partial charge < -0.3 is 19.8 Å². The summed E-state index contributed by atoms with van der Waals surface area (Å²) in [7, 11) is 0. The van der Waals surface area contributed by atoms with Crippen molar-refractivity contribution in [3.8, 4) is 5.75 Å². The fraction of sp³-hybridized carbons (Fsp3) is 0.333. The largest absolute Gasteiger partial charge is 0.490 e. The van der Waals surface area contributed by atoms with Crippen molar-refractivity contribution in [2.45, 2.75) is 19.0 Å². The third kappa shape index (κ3) is 4.60. The molecule has 0 spiro atoms. The van der Waals surface area contributed by atoms with E-state index in [4.69, 9.17) is 20.8 Å². The van der Waals surface area contributed by atoms with Gasteiger partial charge in [-0.2, -0.15) is 0 Å². The molecule has 23 heavy (non-hydrogen) atoms. The molecule has 1 saturated heterocycles. The van der Waals surface area contributed by atoms with Crippen molar-refractivity contribution in [2.24, 2.45) is 0 Å². The summed E-state index contributed by atoms with van der Waals surface area (Å²) in [6, 6.07) is 5.45. The molecular weight excluding hydrogens is 341 g/mol. The summed E-state index contributed by atoms with van der Waals surface area (Å²) >= 11 is 6.05. The van der Waals surface area contributed by atoms with Crippen LogP contribution < -0.4 is 15.4 Å². The molecule has 2 aromatic heterocycles. The molecule has 0 aromatic carbocycles. The molecule has 3 heterocycles. The summed E-state index contributed by atoms with van der Waals surface area (Å²) in [6.45, 7) is 1.89. The lowest BCUT2D eigenvalue weighted by Gasteiger charge is -2.27. The molecule has 6 nitrogen and oxygen atoms in total. The number of nitrogens with zero attached hydrogens (tertiary/aromatic N) is 1. The maximum absolute atomic E-state index is 11.8. The number of carbonyl (C=O) groups excluding carboxylic acids is 1. The van der Waals surface area contributed by atoms with Crippen LogP contribution in [0.5, 0.6) is 5.75 Å². The lowest BCUT2D eigenvalue weighted by Crippen LogP contribution is -2.46. The van der Waals surface area contributed by atoms with Crippen LogP contribution in [0.4, 0.5) is 0 Å². The molecule has 0 radical (unpaired) electrons. The lowest BCUT2D eigenvalue weighted by atomic mass is 10.1. The zero-order chi connectivity index (χ0) is 15.4. The fourth-order valence-electron chi connectivity index (χ4n) is 2.03. The Morgan fingerprint density at radius 3 is 3.04 bits per heavy atom. The molecule has 1 aliphatic heterocycles. The van der Waals surface area contributed by atoms with Crippen LogP contribution in [0, 0.1) is 0 Å². The second-order valence-corrected chi connectivity index (χ2v) is 5.39. The first-order chi connectivity index (χ1) is 10.7. The topological polar surface area (TPSA) is 76.4 Å². The van der Waals surface area contributed by atoms with E-state index in [0.29, 0.717) is 29.1 Å². The SMILES string of the molecule is Cl.O=C(NCc1cc(OC[C@@H]2CCN2)cnc1Cl)c1ccco1. The van der Waals surface area contributed by atoms with Crippen molar-refractivity contribution in [1.29, 1.82) is 0 Å². The average Bonchev–Trinajstić information content (AvgIpc) is 3.00. The Balaban J connectivity index is 0.00000192. The minimum atomic E-state index is -0.300. The second kappa shape index (κ2) is 8.19. The van der Waals surface area contributed by atoms with E-state index in [2.05, 4.69) is 15.6 Å². The fourth-order valence-corrected chi connectivity index (χ4v) is 2.20. The first-order valence-electron chi connectivity index (χ1n) is 7.04. The molecule has 8 heteroatoms. The van der Waals surface area contributed by atoms with Crippen molar-refractivity contribution in [3.05, 3.63) is 47.1 Å². The minimum Gasteiger partial charge on any atom is -0.490 e. The number of ether oxygens (including phenoxy) is 1. The summed E-state index contributed by atoms with van der Waals surface area (Å²) in [5, 5.41) is 6.33. The number of pyridine rings is 1. The van der Waals surface area contributed by atoms with Gasteiger partial charge in [-0.15, -0.1) is 12.4 Å². The highest BCUT2D eigenvalue weighted by molar-refractivity contribution is 6.30. The van der Waals surface area contributed by atoms with Crippen LogP contribution in [-0.4, -0.2) is 30.1 Å². The predicted octanol–water partition coefficient (Wildman–Crippen LogP) is 2.42. The molecule has 0 aliphatic carbocycles. The van der Waals surface area contributed by atoms with Crippen LogP contribution >= 0.6 is 24.0 Å². The van der Waals surface area contributed by atoms with Gasteiger partial charge in [-0.05, 0) is 31.2 Å². The van der Waals surface area contributed by atoms with Gasteiger partial charge in [0.1, 0.15) is 17.5 Å². The van der Waals surface area contributed by atoms with E-state index in [0.717, 1.165) is 13.0 Å². The number of nitrogens with one attached hydrogen (secondary N) is 2. The number of rotatable bonds is 6. The number of amides is 1. The summed E-state index contributed by atoms with van der Waals surface area (Å²) in [5.41, 5.74) is 0.695. The van der Waals surface area contributed by atoms with Crippen LogP contribution in [0.1, 0.15) is 22.5 Å². The van der Waals surface area contributed by atoms with Gasteiger partial charge in [0, 0.05) is 18.2 Å². The van der Waals surface area contributed by atoms with Crippen molar-refractivity contribution in [1.82, 2.24) is 15.6 Å². The van der Waals surface area contributed by atoms with Crippen molar-refractivity contribution in [2.75, 3.05) is 13.2 Å². The Bertz CT molecular complexity index is 645. The van der Waals surface area contributed by atoms with E-state index in [1.54, 1.807) is 24.4 Å². The number of carbonyl (C=O) groups is 1. The molecule has 0 bridgehead atoms. The van der Waals surface area contributed by atoms with Gasteiger partial charge in [0.05, 0.1) is 12.5 Å². The van der Waals surface area contributed by atoms with E-state index >= 15 is 0 Å². The van der Waals surface area contributed by atoms with Gasteiger partial charge >= 0.3 is 0 Å². The minimum absolute atomic E-state index is 0. The molecular formula is C15H17Cl2N3O3. The smallest absolute Gasteiger partial charge is 0.287 e. The van der Waals surface area contributed by atoms with E-state index in [1.807, 2.05) is 0 Å². The van der Waals surface area contributed by atoms with Crippen molar-refractivity contribution >= 4 is 29.9 Å². The summed E-state index contributed by atoms with van der Waals surface area (Å²) in [4.78, 5) is 15.9. The number of halogens is 2. The normalized spacial score (nSPS) is 16.1. The Labute approximate surface area is 145 Å². The highest BCUT2D eigenvalue weighted by Gasteiger charge is 2.17. The van der Waals surface area contributed by atoms with E-state index in [9.17, 15) is 4.79 Å². The van der Waals surface area contributed by atoms with E-state index in [-0.39, 0.29) is 30.6 Å². The molecule has 1 fully saturated rings. The molecule has 2 aromatic rings. The molecule has 124 valence electrons. The molecule has 1 aliphatic rings. The highest BCUT2D eigenvalue weighted by Crippen LogP contribution is 2.20. The zero-order valence-corrected chi connectivity index (χ0v) is 13.8.